The second kappa shape index (κ2) is 10.8. The van der Waals surface area contributed by atoms with Crippen molar-refractivity contribution < 1.29 is 27.5 Å². The van der Waals surface area contributed by atoms with E-state index in [1.165, 1.54) is 5.56 Å². The van der Waals surface area contributed by atoms with E-state index in [2.05, 4.69) is 50.3 Å². The Bertz CT molecular complexity index is 1120. The highest BCUT2D eigenvalue weighted by atomic mass is 19.4. The number of nitrogens with zero attached hydrogens (tertiary/aromatic N) is 3. The van der Waals surface area contributed by atoms with Crippen LogP contribution < -0.4 is 10.2 Å². The molecule has 1 saturated heterocycles. The van der Waals surface area contributed by atoms with E-state index in [0.29, 0.717) is 6.54 Å². The number of aryl methyl sites for hydroxylation is 1. The standard InChI is InChI=1S/C21H26FN5.C2HF3O2/c1-15-24-20-4-3-16(11-21(20)25-15)13-23-14-17-9-18(22)12-19(10-17)27-7-5-26(2)6-8-27;3-2(4,5)1(6)7/h3-4,9-12,23H,5-8,13-14H2,1-2H3,(H,24,25);(H,6,7). The van der Waals surface area contributed by atoms with Crippen molar-refractivity contribution in [3.8, 4) is 0 Å². The predicted octanol–water partition coefficient (Wildman–Crippen LogP) is 3.69. The Kier molecular flexibility index (Phi) is 8.11. The molecule has 184 valence electrons. The van der Waals surface area contributed by atoms with E-state index in [0.717, 1.165) is 60.8 Å². The van der Waals surface area contributed by atoms with E-state index >= 15 is 0 Å². The SMILES string of the molecule is Cc1nc2ccc(CNCc3cc(F)cc(N4CCN(C)CC4)c3)cc2[nH]1.O=C(O)C(F)(F)F. The minimum atomic E-state index is -5.08. The predicted molar refractivity (Wildman–Crippen MR) is 121 cm³/mol. The molecule has 0 bridgehead atoms. The number of imidazole rings is 1. The number of piperazine rings is 1. The number of aliphatic carboxylic acids is 1. The molecule has 0 amide bonds. The first-order valence-corrected chi connectivity index (χ1v) is 10.7. The number of hydrogen-bond acceptors (Lipinski definition) is 5. The third kappa shape index (κ3) is 7.16. The van der Waals surface area contributed by atoms with Crippen LogP contribution >= 0.6 is 0 Å². The van der Waals surface area contributed by atoms with Gasteiger partial charge in [-0.3, -0.25) is 0 Å². The molecule has 0 atom stereocenters. The number of anilines is 1. The number of carboxylic acids is 1. The first kappa shape index (κ1) is 25.4. The second-order valence-corrected chi connectivity index (χ2v) is 8.19. The number of carbonyl (C=O) groups is 1. The molecule has 3 N–H and O–H groups in total. The van der Waals surface area contributed by atoms with Gasteiger partial charge in [0.1, 0.15) is 11.6 Å². The zero-order chi connectivity index (χ0) is 24.9. The average Bonchev–Trinajstić information content (AvgIpc) is 3.13. The molecule has 1 aliphatic rings. The molecule has 0 spiro atoms. The molecule has 11 heteroatoms. The van der Waals surface area contributed by atoms with Crippen molar-refractivity contribution in [2.24, 2.45) is 0 Å². The van der Waals surface area contributed by atoms with Gasteiger partial charge < -0.3 is 25.2 Å². The largest absolute Gasteiger partial charge is 0.490 e. The third-order valence-corrected chi connectivity index (χ3v) is 5.38. The zero-order valence-corrected chi connectivity index (χ0v) is 18.9. The van der Waals surface area contributed by atoms with Crippen LogP contribution in [0.25, 0.3) is 11.0 Å². The van der Waals surface area contributed by atoms with E-state index in [-0.39, 0.29) is 5.82 Å². The van der Waals surface area contributed by atoms with Crippen molar-refractivity contribution >= 4 is 22.7 Å². The van der Waals surface area contributed by atoms with E-state index in [1.807, 2.05) is 13.0 Å². The summed E-state index contributed by atoms with van der Waals surface area (Å²) in [5, 5.41) is 10.6. The fraction of sp³-hybridized carbons (Fsp3) is 0.391. The number of aromatic nitrogens is 2. The maximum Gasteiger partial charge on any atom is 0.490 e. The summed E-state index contributed by atoms with van der Waals surface area (Å²) in [5.41, 5.74) is 5.17. The number of rotatable bonds is 5. The molecule has 0 saturated carbocycles. The van der Waals surface area contributed by atoms with Crippen molar-refractivity contribution in [2.45, 2.75) is 26.2 Å². The zero-order valence-electron chi connectivity index (χ0n) is 18.9. The Morgan fingerprint density at radius 1 is 1.09 bits per heavy atom. The molecule has 4 rings (SSSR count). The van der Waals surface area contributed by atoms with Gasteiger partial charge in [0.15, 0.2) is 0 Å². The molecular weight excluding hydrogens is 454 g/mol. The van der Waals surface area contributed by atoms with Crippen LogP contribution in [-0.2, 0) is 17.9 Å². The van der Waals surface area contributed by atoms with Crippen LogP contribution in [0, 0.1) is 12.7 Å². The summed E-state index contributed by atoms with van der Waals surface area (Å²) < 4.78 is 45.8. The molecule has 3 aromatic rings. The summed E-state index contributed by atoms with van der Waals surface area (Å²) in [5.74, 6) is -2.00. The molecule has 0 aliphatic carbocycles. The van der Waals surface area contributed by atoms with Crippen LogP contribution in [0.5, 0.6) is 0 Å². The van der Waals surface area contributed by atoms with E-state index in [9.17, 15) is 17.6 Å². The number of fused-ring (bicyclic) bond motifs is 1. The van der Waals surface area contributed by atoms with Crippen LogP contribution in [0.15, 0.2) is 36.4 Å². The lowest BCUT2D eigenvalue weighted by atomic mass is 10.1. The number of carboxylic acid groups (broad SMARTS) is 1. The molecule has 1 fully saturated rings. The fourth-order valence-electron chi connectivity index (χ4n) is 3.63. The van der Waals surface area contributed by atoms with Crippen LogP contribution in [-0.4, -0.2) is 65.3 Å². The van der Waals surface area contributed by atoms with E-state index < -0.39 is 12.1 Å². The second-order valence-electron chi connectivity index (χ2n) is 8.19. The molecule has 0 unspecified atom stereocenters. The van der Waals surface area contributed by atoms with Crippen molar-refractivity contribution in [3.63, 3.8) is 0 Å². The molecule has 0 radical (unpaired) electrons. The van der Waals surface area contributed by atoms with E-state index in [4.69, 9.17) is 9.90 Å². The molecular formula is C23H27F4N5O2. The van der Waals surface area contributed by atoms with Crippen molar-refractivity contribution in [2.75, 3.05) is 38.1 Å². The van der Waals surface area contributed by atoms with Gasteiger partial charge in [-0.05, 0) is 55.4 Å². The number of aromatic amines is 1. The lowest BCUT2D eigenvalue weighted by Crippen LogP contribution is -2.44. The topological polar surface area (TPSA) is 84.5 Å². The molecule has 7 nitrogen and oxygen atoms in total. The summed E-state index contributed by atoms with van der Waals surface area (Å²) in [6.07, 6.45) is -5.08. The summed E-state index contributed by atoms with van der Waals surface area (Å²) in [6.45, 7) is 7.24. The summed E-state index contributed by atoms with van der Waals surface area (Å²) in [7, 11) is 2.13. The number of nitrogens with one attached hydrogen (secondary N) is 2. The average molecular weight is 481 g/mol. The Hall–Kier alpha value is -3.18. The maximum atomic E-state index is 14.1. The van der Waals surface area contributed by atoms with Crippen LogP contribution in [0.1, 0.15) is 17.0 Å². The Morgan fingerprint density at radius 3 is 2.38 bits per heavy atom. The van der Waals surface area contributed by atoms with Gasteiger partial charge in [-0.2, -0.15) is 13.2 Å². The highest BCUT2D eigenvalue weighted by Crippen LogP contribution is 2.20. The molecule has 2 heterocycles. The number of benzene rings is 2. The maximum absolute atomic E-state index is 14.1. The lowest BCUT2D eigenvalue weighted by Gasteiger charge is -2.34. The molecule has 34 heavy (non-hydrogen) atoms. The normalized spacial score (nSPS) is 14.7. The van der Waals surface area contributed by atoms with Crippen molar-refractivity contribution in [1.29, 1.82) is 0 Å². The highest BCUT2D eigenvalue weighted by Gasteiger charge is 2.38. The van der Waals surface area contributed by atoms with Gasteiger partial charge in [0.2, 0.25) is 0 Å². The van der Waals surface area contributed by atoms with Crippen LogP contribution in [0.3, 0.4) is 0 Å². The monoisotopic (exact) mass is 481 g/mol. The van der Waals surface area contributed by atoms with Gasteiger partial charge in [-0.15, -0.1) is 0 Å². The number of alkyl halides is 3. The Morgan fingerprint density at radius 2 is 1.74 bits per heavy atom. The van der Waals surface area contributed by atoms with Gasteiger partial charge in [0.25, 0.3) is 0 Å². The van der Waals surface area contributed by atoms with Crippen molar-refractivity contribution in [3.05, 3.63) is 59.2 Å². The van der Waals surface area contributed by atoms with Gasteiger partial charge >= 0.3 is 12.1 Å². The van der Waals surface area contributed by atoms with Gasteiger partial charge in [0, 0.05) is 45.0 Å². The molecule has 1 aliphatic heterocycles. The number of halogens is 4. The third-order valence-electron chi connectivity index (χ3n) is 5.38. The van der Waals surface area contributed by atoms with Gasteiger partial charge in [-0.1, -0.05) is 6.07 Å². The minimum Gasteiger partial charge on any atom is -0.475 e. The van der Waals surface area contributed by atoms with Gasteiger partial charge in [0.05, 0.1) is 11.0 Å². The summed E-state index contributed by atoms with van der Waals surface area (Å²) in [4.78, 5) is 21.2. The van der Waals surface area contributed by atoms with Gasteiger partial charge in [-0.25, -0.2) is 14.2 Å². The lowest BCUT2D eigenvalue weighted by molar-refractivity contribution is -0.192. The molecule has 1 aromatic heterocycles. The van der Waals surface area contributed by atoms with Crippen molar-refractivity contribution in [1.82, 2.24) is 20.2 Å². The highest BCUT2D eigenvalue weighted by molar-refractivity contribution is 5.75. The Labute approximate surface area is 194 Å². The number of likely N-dealkylation sites (N-methyl/N-ethyl adjacent to an activating group) is 1. The fourth-order valence-corrected chi connectivity index (χ4v) is 3.63. The molecule has 2 aromatic carbocycles. The number of hydrogen-bond donors (Lipinski definition) is 3. The summed E-state index contributed by atoms with van der Waals surface area (Å²) >= 11 is 0. The van der Waals surface area contributed by atoms with Crippen LogP contribution in [0.2, 0.25) is 0 Å². The number of H-pyrrole nitrogens is 1. The smallest absolute Gasteiger partial charge is 0.475 e. The quantitative estimate of drug-likeness (QED) is 0.482. The Balaban J connectivity index is 0.000000406. The first-order valence-electron chi connectivity index (χ1n) is 10.7. The van der Waals surface area contributed by atoms with Crippen LogP contribution in [0.4, 0.5) is 23.2 Å². The summed E-state index contributed by atoms with van der Waals surface area (Å²) in [6, 6.07) is 11.6. The van der Waals surface area contributed by atoms with E-state index in [1.54, 1.807) is 12.1 Å². The minimum absolute atomic E-state index is 0.169. The first-order chi connectivity index (χ1) is 16.0.